The first-order valence-electron chi connectivity index (χ1n) is 10.4. The molecular weight excluding hydrogens is 350 g/mol. The summed E-state index contributed by atoms with van der Waals surface area (Å²) in [5.74, 6) is 1.15. The fraction of sp³-hybridized carbons (Fsp3) is 0.455. The summed E-state index contributed by atoms with van der Waals surface area (Å²) in [6.45, 7) is 8.10. The molecule has 0 radical (unpaired) electrons. The molecule has 1 aromatic carbocycles. The van der Waals surface area contributed by atoms with Crippen molar-refractivity contribution >= 4 is 11.5 Å². The number of anilines is 1. The number of rotatable bonds is 5. The van der Waals surface area contributed by atoms with Gasteiger partial charge in [0.25, 0.3) is 0 Å². The van der Waals surface area contributed by atoms with Gasteiger partial charge in [-0.15, -0.1) is 0 Å². The highest BCUT2D eigenvalue weighted by Crippen LogP contribution is 2.34. The molecule has 0 saturated carbocycles. The summed E-state index contributed by atoms with van der Waals surface area (Å²) in [6.07, 6.45) is 3.33. The Bertz CT molecular complexity index is 976. The monoisotopic (exact) mass is 378 g/mol. The number of morpholine rings is 1. The second-order valence-corrected chi connectivity index (χ2v) is 7.84. The van der Waals surface area contributed by atoms with Gasteiger partial charge in [0.1, 0.15) is 18.9 Å². The molecule has 0 spiro atoms. The lowest BCUT2D eigenvalue weighted by Gasteiger charge is -2.24. The van der Waals surface area contributed by atoms with Gasteiger partial charge in [-0.3, -0.25) is 0 Å². The Balaban J connectivity index is 1.51. The van der Waals surface area contributed by atoms with Crippen LogP contribution < -0.4 is 10.2 Å². The number of nitrogens with zero attached hydrogens (tertiary/aromatic N) is 3. The average molecular weight is 379 g/mol. The lowest BCUT2D eigenvalue weighted by Crippen LogP contribution is -3.14. The van der Waals surface area contributed by atoms with E-state index in [0.29, 0.717) is 0 Å². The number of quaternary nitrogens is 1. The van der Waals surface area contributed by atoms with Crippen LogP contribution in [0.3, 0.4) is 0 Å². The van der Waals surface area contributed by atoms with Crippen molar-refractivity contribution in [2.75, 3.05) is 44.7 Å². The van der Waals surface area contributed by atoms with Gasteiger partial charge in [0.15, 0.2) is 5.65 Å². The Kier molecular flexibility index (Phi) is 4.74. The molecule has 1 saturated heterocycles. The number of hydrogen-bond acceptors (Lipinski definition) is 4. The van der Waals surface area contributed by atoms with Crippen molar-refractivity contribution < 1.29 is 9.64 Å². The van der Waals surface area contributed by atoms with Crippen molar-refractivity contribution in [1.29, 1.82) is 0 Å². The van der Waals surface area contributed by atoms with Gasteiger partial charge < -0.3 is 15.0 Å². The van der Waals surface area contributed by atoms with E-state index in [4.69, 9.17) is 14.8 Å². The van der Waals surface area contributed by atoms with Gasteiger partial charge in [0, 0.05) is 16.8 Å². The molecule has 1 aliphatic carbocycles. The highest BCUT2D eigenvalue weighted by Gasteiger charge is 2.24. The highest BCUT2D eigenvalue weighted by atomic mass is 16.5. The molecule has 0 amide bonds. The van der Waals surface area contributed by atoms with Crippen molar-refractivity contribution in [1.82, 2.24) is 14.6 Å². The third-order valence-corrected chi connectivity index (χ3v) is 6.00. The smallest absolute Gasteiger partial charge is 0.165 e. The van der Waals surface area contributed by atoms with Gasteiger partial charge in [0.05, 0.1) is 32.0 Å². The van der Waals surface area contributed by atoms with Crippen LogP contribution in [0.1, 0.15) is 23.4 Å². The maximum atomic E-state index is 5.48. The first kappa shape index (κ1) is 17.6. The van der Waals surface area contributed by atoms with Crippen LogP contribution in [0.25, 0.3) is 16.8 Å². The van der Waals surface area contributed by atoms with Gasteiger partial charge in [-0.1, -0.05) is 30.3 Å². The molecule has 3 aromatic rings. The zero-order valence-electron chi connectivity index (χ0n) is 16.5. The van der Waals surface area contributed by atoms with E-state index in [0.717, 1.165) is 75.0 Å². The van der Waals surface area contributed by atoms with Crippen LogP contribution in [0.4, 0.5) is 5.82 Å². The molecular formula is C22H28N5O+. The zero-order chi connectivity index (χ0) is 18.9. The van der Waals surface area contributed by atoms with Crippen LogP contribution in [-0.2, 0) is 17.6 Å². The predicted molar refractivity (Wildman–Crippen MR) is 110 cm³/mol. The molecule has 146 valence electrons. The number of aryl methyl sites for hydroxylation is 2. The molecule has 0 unspecified atom stereocenters. The summed E-state index contributed by atoms with van der Waals surface area (Å²) < 4.78 is 7.53. The summed E-state index contributed by atoms with van der Waals surface area (Å²) in [7, 11) is 0. The Morgan fingerprint density at radius 2 is 1.96 bits per heavy atom. The lowest BCUT2D eigenvalue weighted by molar-refractivity contribution is -0.906. The van der Waals surface area contributed by atoms with E-state index < -0.39 is 0 Å². The van der Waals surface area contributed by atoms with Crippen LogP contribution in [0.5, 0.6) is 0 Å². The molecule has 0 atom stereocenters. The average Bonchev–Trinajstić information content (AvgIpc) is 3.32. The van der Waals surface area contributed by atoms with E-state index in [9.17, 15) is 0 Å². The normalized spacial score (nSPS) is 17.2. The molecule has 2 N–H and O–H groups in total. The van der Waals surface area contributed by atoms with E-state index in [1.54, 1.807) is 4.90 Å². The summed E-state index contributed by atoms with van der Waals surface area (Å²) >= 11 is 0. The number of benzene rings is 1. The summed E-state index contributed by atoms with van der Waals surface area (Å²) in [4.78, 5) is 6.66. The summed E-state index contributed by atoms with van der Waals surface area (Å²) in [6, 6.07) is 10.5. The van der Waals surface area contributed by atoms with Gasteiger partial charge in [-0.25, -0.2) is 4.98 Å². The van der Waals surface area contributed by atoms with Crippen LogP contribution >= 0.6 is 0 Å². The molecule has 2 aliphatic rings. The molecule has 6 heteroatoms. The molecule has 1 fully saturated rings. The number of fused-ring (bicyclic) bond motifs is 2. The lowest BCUT2D eigenvalue weighted by atomic mass is 10.1. The largest absolute Gasteiger partial charge is 0.370 e. The summed E-state index contributed by atoms with van der Waals surface area (Å²) in [5.41, 5.74) is 6.94. The molecule has 28 heavy (non-hydrogen) atoms. The van der Waals surface area contributed by atoms with Crippen molar-refractivity contribution in [2.24, 2.45) is 0 Å². The minimum atomic E-state index is 0.878. The molecule has 6 nitrogen and oxygen atoms in total. The van der Waals surface area contributed by atoms with Crippen molar-refractivity contribution in [2.45, 2.75) is 26.2 Å². The predicted octanol–water partition coefficient (Wildman–Crippen LogP) is 1.52. The fourth-order valence-electron chi connectivity index (χ4n) is 4.53. The maximum absolute atomic E-state index is 5.48. The van der Waals surface area contributed by atoms with Crippen LogP contribution in [0, 0.1) is 6.92 Å². The number of hydrogen-bond donors (Lipinski definition) is 2. The van der Waals surface area contributed by atoms with E-state index in [1.807, 2.05) is 0 Å². The quantitative estimate of drug-likeness (QED) is 0.707. The van der Waals surface area contributed by atoms with Gasteiger partial charge >= 0.3 is 0 Å². The second-order valence-electron chi connectivity index (χ2n) is 7.84. The first-order chi connectivity index (χ1) is 13.8. The van der Waals surface area contributed by atoms with Gasteiger partial charge in [0.2, 0.25) is 0 Å². The van der Waals surface area contributed by atoms with Crippen molar-refractivity contribution in [3.63, 3.8) is 0 Å². The van der Waals surface area contributed by atoms with Crippen LogP contribution in [0.15, 0.2) is 30.3 Å². The Morgan fingerprint density at radius 3 is 2.79 bits per heavy atom. The van der Waals surface area contributed by atoms with Crippen LogP contribution in [-0.4, -0.2) is 54.0 Å². The highest BCUT2D eigenvalue weighted by molar-refractivity contribution is 5.81. The van der Waals surface area contributed by atoms with E-state index >= 15 is 0 Å². The fourth-order valence-corrected chi connectivity index (χ4v) is 4.53. The van der Waals surface area contributed by atoms with E-state index in [-0.39, 0.29) is 0 Å². The van der Waals surface area contributed by atoms with Crippen molar-refractivity contribution in [3.05, 3.63) is 47.3 Å². The summed E-state index contributed by atoms with van der Waals surface area (Å²) in [5, 5.41) is 8.62. The molecule has 0 bridgehead atoms. The number of nitrogens with one attached hydrogen (secondary N) is 2. The standard InChI is InChI=1S/C22H27N5O/c1-16-20(17-6-3-2-4-7-17)22-24-19-9-5-8-18(19)21(27(22)25-16)23-10-11-26-12-14-28-15-13-26/h2-4,6-7,23H,5,8-15H2,1H3/p+1. The molecule has 2 aromatic heterocycles. The number of aromatic nitrogens is 3. The Labute approximate surface area is 165 Å². The molecule has 3 heterocycles. The van der Waals surface area contributed by atoms with E-state index in [2.05, 4.69) is 47.1 Å². The van der Waals surface area contributed by atoms with Crippen LogP contribution in [0.2, 0.25) is 0 Å². The van der Waals surface area contributed by atoms with Crippen molar-refractivity contribution in [3.8, 4) is 11.1 Å². The van der Waals surface area contributed by atoms with Gasteiger partial charge in [-0.2, -0.15) is 9.61 Å². The number of ether oxygens (including phenoxy) is 1. The minimum absolute atomic E-state index is 0.878. The Morgan fingerprint density at radius 1 is 1.14 bits per heavy atom. The topological polar surface area (TPSA) is 55.9 Å². The van der Waals surface area contributed by atoms with E-state index in [1.165, 1.54) is 23.2 Å². The SMILES string of the molecule is Cc1nn2c(NCC[NH+]3CCOCC3)c3c(nc2c1-c1ccccc1)CCC3. The second kappa shape index (κ2) is 7.53. The third kappa shape index (κ3) is 3.16. The Hall–Kier alpha value is -2.44. The van der Waals surface area contributed by atoms with Gasteiger partial charge in [-0.05, 0) is 31.7 Å². The first-order valence-corrected chi connectivity index (χ1v) is 10.4. The third-order valence-electron chi connectivity index (χ3n) is 6.00. The maximum Gasteiger partial charge on any atom is 0.165 e. The minimum Gasteiger partial charge on any atom is -0.370 e. The molecule has 1 aliphatic heterocycles. The molecule has 5 rings (SSSR count). The zero-order valence-corrected chi connectivity index (χ0v) is 16.5.